The van der Waals surface area contributed by atoms with Gasteiger partial charge in [0.05, 0.1) is 0 Å². The Balaban J connectivity index is 1.93. The van der Waals surface area contributed by atoms with E-state index in [9.17, 15) is 9.59 Å². The van der Waals surface area contributed by atoms with Gasteiger partial charge in [-0.25, -0.2) is 4.79 Å². The predicted molar refractivity (Wildman–Crippen MR) is 75.8 cm³/mol. The van der Waals surface area contributed by atoms with Crippen molar-refractivity contribution < 1.29 is 0 Å². The fraction of sp³-hybridized carbons (Fsp3) is 0.692. The fourth-order valence-corrected chi connectivity index (χ4v) is 2.80. The molecule has 0 aromatic carbocycles. The van der Waals surface area contributed by atoms with Crippen LogP contribution in [0.3, 0.4) is 0 Å². The number of hydrogen-bond acceptors (Lipinski definition) is 3. The summed E-state index contributed by atoms with van der Waals surface area (Å²) >= 11 is 5.62. The molecule has 0 saturated carbocycles. The molecule has 1 fully saturated rings. The molecule has 6 heteroatoms. The molecule has 1 saturated heterocycles. The Morgan fingerprint density at radius 3 is 2.84 bits per heavy atom. The molecule has 19 heavy (non-hydrogen) atoms. The van der Waals surface area contributed by atoms with Crippen molar-refractivity contribution in [1.29, 1.82) is 0 Å². The quantitative estimate of drug-likeness (QED) is 0.852. The van der Waals surface area contributed by atoms with E-state index in [1.54, 1.807) is 0 Å². The number of aromatic amines is 1. The highest BCUT2D eigenvalue weighted by Crippen LogP contribution is 2.16. The van der Waals surface area contributed by atoms with E-state index in [0.29, 0.717) is 12.6 Å². The van der Waals surface area contributed by atoms with Gasteiger partial charge >= 0.3 is 5.69 Å². The molecule has 1 aliphatic heterocycles. The molecule has 1 unspecified atom stereocenters. The number of likely N-dealkylation sites (tertiary alicyclic amines) is 1. The lowest BCUT2D eigenvalue weighted by molar-refractivity contribution is 0.156. The van der Waals surface area contributed by atoms with Gasteiger partial charge in [-0.3, -0.25) is 14.3 Å². The lowest BCUT2D eigenvalue weighted by Gasteiger charge is -2.33. The molecule has 2 heterocycles. The number of halogens is 1. The average molecular weight is 286 g/mol. The molecule has 1 atom stereocenters. The van der Waals surface area contributed by atoms with E-state index in [2.05, 4.69) is 16.8 Å². The van der Waals surface area contributed by atoms with E-state index in [-0.39, 0.29) is 10.7 Å². The van der Waals surface area contributed by atoms with E-state index in [1.165, 1.54) is 29.9 Å². The van der Waals surface area contributed by atoms with E-state index < -0.39 is 5.69 Å². The number of H-pyrrole nitrogens is 1. The van der Waals surface area contributed by atoms with Gasteiger partial charge in [0.15, 0.2) is 0 Å². The smallest absolute Gasteiger partial charge is 0.301 e. The number of nitrogens with one attached hydrogen (secondary N) is 1. The number of nitrogens with zero attached hydrogens (tertiary/aromatic N) is 2. The Bertz CT molecular complexity index is 506. The summed E-state index contributed by atoms with van der Waals surface area (Å²) in [5, 5.41) is 0.0934. The monoisotopic (exact) mass is 285 g/mol. The first kappa shape index (κ1) is 14.3. The van der Waals surface area contributed by atoms with E-state index >= 15 is 0 Å². The molecular formula is C13H20ClN3O2. The summed E-state index contributed by atoms with van der Waals surface area (Å²) in [6.07, 6.45) is 4.58. The Hall–Kier alpha value is -1.07. The Morgan fingerprint density at radius 2 is 2.16 bits per heavy atom. The SMILES string of the molecule is CC1CCCCN1CCCn1c(=O)cc(Cl)[nH]c1=O. The number of rotatable bonds is 4. The maximum absolute atomic E-state index is 11.7. The largest absolute Gasteiger partial charge is 0.329 e. The molecule has 1 aliphatic rings. The lowest BCUT2D eigenvalue weighted by atomic mass is 10.0. The third-order valence-corrected chi connectivity index (χ3v) is 3.96. The minimum atomic E-state index is -0.427. The van der Waals surface area contributed by atoms with E-state index in [0.717, 1.165) is 19.5 Å². The summed E-state index contributed by atoms with van der Waals surface area (Å²) in [6.45, 7) is 4.72. The van der Waals surface area contributed by atoms with Gasteiger partial charge in [-0.05, 0) is 32.7 Å². The standard InChI is InChI=1S/C13H20ClN3O2/c1-10-5-2-3-6-16(10)7-4-8-17-12(18)9-11(14)15-13(17)19/h9-10H,2-8H2,1H3,(H,15,19). The molecule has 1 N–H and O–H groups in total. The topological polar surface area (TPSA) is 58.1 Å². The van der Waals surface area contributed by atoms with Crippen LogP contribution in [0.1, 0.15) is 32.6 Å². The molecule has 0 radical (unpaired) electrons. The van der Waals surface area contributed by atoms with Crippen LogP contribution in [0.15, 0.2) is 15.7 Å². The molecule has 106 valence electrons. The number of aromatic nitrogens is 2. The van der Waals surface area contributed by atoms with Crippen molar-refractivity contribution >= 4 is 11.6 Å². The number of piperidine rings is 1. The van der Waals surface area contributed by atoms with E-state index in [1.807, 2.05) is 0 Å². The van der Waals surface area contributed by atoms with Crippen molar-refractivity contribution in [3.05, 3.63) is 32.1 Å². The summed E-state index contributed by atoms with van der Waals surface area (Å²) in [7, 11) is 0. The zero-order valence-electron chi connectivity index (χ0n) is 11.2. The van der Waals surface area contributed by atoms with Crippen molar-refractivity contribution in [1.82, 2.24) is 14.5 Å². The lowest BCUT2D eigenvalue weighted by Crippen LogP contribution is -2.40. The zero-order chi connectivity index (χ0) is 13.8. The first-order chi connectivity index (χ1) is 9.08. The first-order valence-electron chi connectivity index (χ1n) is 6.81. The number of hydrogen-bond donors (Lipinski definition) is 1. The van der Waals surface area contributed by atoms with Crippen LogP contribution in [0.5, 0.6) is 0 Å². The molecule has 0 aliphatic carbocycles. The van der Waals surface area contributed by atoms with Gasteiger partial charge in [-0.2, -0.15) is 0 Å². The van der Waals surface area contributed by atoms with Crippen molar-refractivity contribution in [2.75, 3.05) is 13.1 Å². The van der Waals surface area contributed by atoms with Crippen LogP contribution in [0.25, 0.3) is 0 Å². The van der Waals surface area contributed by atoms with Crippen LogP contribution in [0, 0.1) is 0 Å². The zero-order valence-corrected chi connectivity index (χ0v) is 11.9. The van der Waals surface area contributed by atoms with Crippen LogP contribution in [-0.2, 0) is 6.54 Å². The van der Waals surface area contributed by atoms with Gasteiger partial charge in [0.2, 0.25) is 0 Å². The third kappa shape index (κ3) is 3.70. The Kier molecular flexibility index (Phi) is 4.82. The van der Waals surface area contributed by atoms with Crippen LogP contribution in [0.4, 0.5) is 0 Å². The molecule has 5 nitrogen and oxygen atoms in total. The van der Waals surface area contributed by atoms with Gasteiger partial charge in [0.1, 0.15) is 5.15 Å². The van der Waals surface area contributed by atoms with Crippen LogP contribution >= 0.6 is 11.6 Å². The molecule has 0 spiro atoms. The third-order valence-electron chi connectivity index (χ3n) is 3.76. The molecule has 2 rings (SSSR count). The molecule has 0 bridgehead atoms. The summed E-state index contributed by atoms with van der Waals surface area (Å²) in [5.74, 6) is 0. The van der Waals surface area contributed by atoms with Crippen LogP contribution in [0.2, 0.25) is 5.15 Å². The molecule has 1 aromatic rings. The van der Waals surface area contributed by atoms with Crippen molar-refractivity contribution in [2.45, 2.75) is 45.2 Å². The second-order valence-electron chi connectivity index (χ2n) is 5.15. The van der Waals surface area contributed by atoms with Crippen LogP contribution in [-0.4, -0.2) is 33.6 Å². The second-order valence-corrected chi connectivity index (χ2v) is 5.55. The van der Waals surface area contributed by atoms with Crippen LogP contribution < -0.4 is 11.2 Å². The summed E-state index contributed by atoms with van der Waals surface area (Å²) in [4.78, 5) is 28.1. The normalized spacial score (nSPS) is 20.6. The van der Waals surface area contributed by atoms with Gasteiger partial charge in [-0.1, -0.05) is 18.0 Å². The highest BCUT2D eigenvalue weighted by Gasteiger charge is 2.17. The Morgan fingerprint density at radius 1 is 1.37 bits per heavy atom. The highest BCUT2D eigenvalue weighted by molar-refractivity contribution is 6.29. The van der Waals surface area contributed by atoms with Crippen molar-refractivity contribution in [2.24, 2.45) is 0 Å². The van der Waals surface area contributed by atoms with Crippen molar-refractivity contribution in [3.63, 3.8) is 0 Å². The molecule has 0 amide bonds. The minimum absolute atomic E-state index is 0.0934. The summed E-state index contributed by atoms with van der Waals surface area (Å²) in [6, 6.07) is 1.85. The highest BCUT2D eigenvalue weighted by atomic mass is 35.5. The maximum Gasteiger partial charge on any atom is 0.329 e. The second kappa shape index (κ2) is 6.39. The maximum atomic E-state index is 11.7. The Labute approximate surface area is 117 Å². The van der Waals surface area contributed by atoms with Crippen molar-refractivity contribution in [3.8, 4) is 0 Å². The first-order valence-corrected chi connectivity index (χ1v) is 7.19. The average Bonchev–Trinajstić information content (AvgIpc) is 2.34. The van der Waals surface area contributed by atoms with Gasteiger partial charge < -0.3 is 4.90 Å². The van der Waals surface area contributed by atoms with Gasteiger partial charge in [-0.15, -0.1) is 0 Å². The molecular weight excluding hydrogens is 266 g/mol. The fourth-order valence-electron chi connectivity index (χ4n) is 2.63. The van der Waals surface area contributed by atoms with Gasteiger partial charge in [0, 0.05) is 25.2 Å². The summed E-state index contributed by atoms with van der Waals surface area (Å²) < 4.78 is 1.21. The van der Waals surface area contributed by atoms with E-state index in [4.69, 9.17) is 11.6 Å². The van der Waals surface area contributed by atoms with Gasteiger partial charge in [0.25, 0.3) is 5.56 Å². The molecule has 1 aromatic heterocycles. The predicted octanol–water partition coefficient (Wildman–Crippen LogP) is 1.45. The summed E-state index contributed by atoms with van der Waals surface area (Å²) in [5.41, 5.74) is -0.760. The minimum Gasteiger partial charge on any atom is -0.301 e.